The molecule has 0 bridgehead atoms. The van der Waals surface area contributed by atoms with Gasteiger partial charge in [0.15, 0.2) is 0 Å². The summed E-state index contributed by atoms with van der Waals surface area (Å²) in [5, 5.41) is 14.7. The van der Waals surface area contributed by atoms with Crippen molar-refractivity contribution >= 4 is 43.6 Å². The fraction of sp³-hybridized carbons (Fsp3) is 0.0161. The summed E-state index contributed by atoms with van der Waals surface area (Å²) in [6.07, 6.45) is -4.87. The van der Waals surface area contributed by atoms with Gasteiger partial charge in [-0.25, -0.2) is 4.39 Å². The number of hydrogen-bond donors (Lipinski definition) is 0. The van der Waals surface area contributed by atoms with Crippen LogP contribution in [0, 0.1) is 17.1 Å². The standard InChI is InChI=1S/C62H37F4N3/c63-50-32-48(31-49(37-50)62(64,65)66)61-59(68-55-33-44(40-13-5-1-6-14-40)21-25-51(55)52-26-22-45(34-56(52)68)41-15-7-2-8-16-41)29-39(38-67)30-60(61)69-57-35-46(42-17-9-3-10-18-42)23-27-53(57)54-28-24-47(36-58(54)69)43-19-11-4-12-20-43/h1-37H. The Kier molecular flexibility index (Phi) is 9.85. The minimum Gasteiger partial charge on any atom is -0.308 e. The van der Waals surface area contributed by atoms with E-state index in [0.29, 0.717) is 23.0 Å². The van der Waals surface area contributed by atoms with E-state index >= 15 is 4.39 Å². The van der Waals surface area contributed by atoms with E-state index in [9.17, 15) is 18.4 Å². The van der Waals surface area contributed by atoms with Crippen LogP contribution in [-0.4, -0.2) is 9.13 Å². The van der Waals surface area contributed by atoms with E-state index < -0.39 is 17.6 Å². The maximum absolute atomic E-state index is 16.1. The largest absolute Gasteiger partial charge is 0.416 e. The van der Waals surface area contributed by atoms with E-state index in [1.807, 2.05) is 130 Å². The number of benzene rings is 10. The van der Waals surface area contributed by atoms with Gasteiger partial charge in [0.25, 0.3) is 0 Å². The molecule has 12 rings (SSSR count). The third kappa shape index (κ3) is 7.22. The fourth-order valence-corrected chi connectivity index (χ4v) is 10.0. The molecule has 3 nitrogen and oxygen atoms in total. The van der Waals surface area contributed by atoms with Gasteiger partial charge < -0.3 is 9.13 Å². The fourth-order valence-electron chi connectivity index (χ4n) is 10.0. The van der Waals surface area contributed by atoms with Crippen LogP contribution in [0.4, 0.5) is 17.6 Å². The van der Waals surface area contributed by atoms with Crippen molar-refractivity contribution in [1.82, 2.24) is 9.13 Å². The molecule has 0 unspecified atom stereocenters. The summed E-state index contributed by atoms with van der Waals surface area (Å²) in [4.78, 5) is 0. The molecule has 2 heterocycles. The number of alkyl halides is 3. The van der Waals surface area contributed by atoms with Gasteiger partial charge >= 0.3 is 6.18 Å². The number of nitriles is 1. The van der Waals surface area contributed by atoms with Crippen molar-refractivity contribution in [3.05, 3.63) is 241 Å². The third-order valence-corrected chi connectivity index (χ3v) is 13.2. The lowest BCUT2D eigenvalue weighted by Crippen LogP contribution is -2.08. The predicted molar refractivity (Wildman–Crippen MR) is 272 cm³/mol. The van der Waals surface area contributed by atoms with Crippen LogP contribution in [-0.2, 0) is 6.18 Å². The number of nitrogens with zero attached hydrogens (tertiary/aromatic N) is 3. The molecule has 0 N–H and O–H groups in total. The van der Waals surface area contributed by atoms with E-state index in [4.69, 9.17) is 0 Å². The Hall–Kier alpha value is -8.99. The van der Waals surface area contributed by atoms with Gasteiger partial charge in [0, 0.05) is 27.1 Å². The second-order valence-electron chi connectivity index (χ2n) is 17.3. The number of fused-ring (bicyclic) bond motifs is 6. The van der Waals surface area contributed by atoms with Crippen LogP contribution in [0.25, 0.3) is 111 Å². The Labute approximate surface area is 394 Å². The molecule has 7 heteroatoms. The van der Waals surface area contributed by atoms with Crippen molar-refractivity contribution in [1.29, 1.82) is 5.26 Å². The van der Waals surface area contributed by atoms with Gasteiger partial charge in [-0.15, -0.1) is 0 Å². The Morgan fingerprint density at radius 2 is 0.681 bits per heavy atom. The number of halogens is 4. The molecule has 0 radical (unpaired) electrons. The highest BCUT2D eigenvalue weighted by atomic mass is 19.4. The SMILES string of the molecule is N#Cc1cc(-n2c3cc(-c4ccccc4)ccc3c3ccc(-c4ccccc4)cc32)c(-c2cc(F)cc(C(F)(F)F)c2)c(-n2c3cc(-c4ccccc4)ccc3c3ccc(-c4ccccc4)cc32)c1. The van der Waals surface area contributed by atoms with Gasteiger partial charge in [0.1, 0.15) is 5.82 Å². The average molecular weight is 900 g/mol. The Morgan fingerprint density at radius 3 is 0.986 bits per heavy atom. The number of rotatable bonds is 7. The maximum Gasteiger partial charge on any atom is 0.416 e. The molecule has 10 aromatic carbocycles. The summed E-state index contributed by atoms with van der Waals surface area (Å²) in [6.45, 7) is 0. The molecule has 0 fully saturated rings. The molecule has 0 saturated carbocycles. The van der Waals surface area contributed by atoms with Crippen molar-refractivity contribution in [2.75, 3.05) is 0 Å². The van der Waals surface area contributed by atoms with Crippen LogP contribution in [0.1, 0.15) is 11.1 Å². The van der Waals surface area contributed by atoms with Crippen molar-refractivity contribution in [3.8, 4) is 73.1 Å². The van der Waals surface area contributed by atoms with E-state index in [0.717, 1.165) is 94.2 Å². The van der Waals surface area contributed by atoms with Crippen molar-refractivity contribution in [3.63, 3.8) is 0 Å². The Balaban J connectivity index is 1.27. The molecule has 2 aromatic heterocycles. The van der Waals surface area contributed by atoms with Gasteiger partial charge in [-0.3, -0.25) is 0 Å². The second-order valence-corrected chi connectivity index (χ2v) is 17.3. The summed E-state index contributed by atoms with van der Waals surface area (Å²) in [7, 11) is 0. The molecule has 69 heavy (non-hydrogen) atoms. The van der Waals surface area contributed by atoms with Crippen LogP contribution in [0.2, 0.25) is 0 Å². The van der Waals surface area contributed by atoms with Crippen LogP contribution >= 0.6 is 0 Å². The van der Waals surface area contributed by atoms with Gasteiger partial charge in [-0.05, 0) is 105 Å². The highest BCUT2D eigenvalue weighted by molar-refractivity contribution is 6.14. The second kappa shape index (κ2) is 16.4. The number of aromatic nitrogens is 2. The van der Waals surface area contributed by atoms with E-state index in [2.05, 4.69) is 78.9 Å². The zero-order chi connectivity index (χ0) is 46.8. The van der Waals surface area contributed by atoms with Crippen LogP contribution in [0.15, 0.2) is 224 Å². The zero-order valence-corrected chi connectivity index (χ0v) is 36.7. The molecule has 328 valence electrons. The first kappa shape index (κ1) is 41.4. The topological polar surface area (TPSA) is 33.6 Å². The molecule has 0 atom stereocenters. The smallest absolute Gasteiger partial charge is 0.308 e. The highest BCUT2D eigenvalue weighted by Crippen LogP contribution is 2.46. The van der Waals surface area contributed by atoms with Crippen molar-refractivity contribution < 1.29 is 17.6 Å². The van der Waals surface area contributed by atoms with Gasteiger partial charge in [0.05, 0.1) is 50.6 Å². The lowest BCUT2D eigenvalue weighted by Gasteiger charge is -2.22. The van der Waals surface area contributed by atoms with Gasteiger partial charge in [-0.2, -0.15) is 18.4 Å². The first-order valence-corrected chi connectivity index (χ1v) is 22.6. The van der Waals surface area contributed by atoms with Gasteiger partial charge in [0.2, 0.25) is 0 Å². The van der Waals surface area contributed by atoms with Crippen LogP contribution in [0.5, 0.6) is 0 Å². The quantitative estimate of drug-likeness (QED) is 0.147. The average Bonchev–Trinajstić information content (AvgIpc) is 3.90. The number of hydrogen-bond acceptors (Lipinski definition) is 1. The summed E-state index contributed by atoms with van der Waals surface area (Å²) in [6, 6.07) is 73.3. The molecule has 0 amide bonds. The molecule has 0 saturated heterocycles. The molecule has 12 aromatic rings. The zero-order valence-electron chi connectivity index (χ0n) is 36.7. The maximum atomic E-state index is 16.1. The summed E-state index contributed by atoms with van der Waals surface area (Å²) < 4.78 is 65.1. The van der Waals surface area contributed by atoms with Crippen molar-refractivity contribution in [2.45, 2.75) is 6.18 Å². The summed E-state index contributed by atoms with van der Waals surface area (Å²) in [5.41, 5.74) is 10.9. The van der Waals surface area contributed by atoms with E-state index in [1.54, 1.807) is 12.1 Å². The minimum absolute atomic E-state index is 0.00123. The van der Waals surface area contributed by atoms with E-state index in [1.165, 1.54) is 6.07 Å². The monoisotopic (exact) mass is 899 g/mol. The first-order chi connectivity index (χ1) is 33.7. The molecule has 0 aliphatic rings. The minimum atomic E-state index is -4.87. The predicted octanol–water partition coefficient (Wildman–Crippen LogP) is 17.2. The first-order valence-electron chi connectivity index (χ1n) is 22.6. The lowest BCUT2D eigenvalue weighted by atomic mass is 9.96. The van der Waals surface area contributed by atoms with Crippen LogP contribution < -0.4 is 0 Å². The van der Waals surface area contributed by atoms with Gasteiger partial charge in [-0.1, -0.05) is 170 Å². The molecule has 0 aliphatic heterocycles. The Morgan fingerprint density at radius 1 is 0.348 bits per heavy atom. The van der Waals surface area contributed by atoms with Crippen molar-refractivity contribution in [2.24, 2.45) is 0 Å². The van der Waals surface area contributed by atoms with E-state index in [-0.39, 0.29) is 11.1 Å². The molecular weight excluding hydrogens is 863 g/mol. The molecule has 0 aliphatic carbocycles. The lowest BCUT2D eigenvalue weighted by molar-refractivity contribution is -0.137. The molecule has 0 spiro atoms. The summed E-state index contributed by atoms with van der Waals surface area (Å²) in [5.74, 6) is -1.04. The normalized spacial score (nSPS) is 11.8. The molecular formula is C62H37F4N3. The highest BCUT2D eigenvalue weighted by Gasteiger charge is 2.33. The third-order valence-electron chi connectivity index (χ3n) is 13.2. The summed E-state index contributed by atoms with van der Waals surface area (Å²) >= 11 is 0. The Bertz CT molecular complexity index is 3580. The van der Waals surface area contributed by atoms with Crippen LogP contribution in [0.3, 0.4) is 0 Å².